The monoisotopic (exact) mass is 115 g/mol. The third-order valence-electron chi connectivity index (χ3n) is 0.592. The molecule has 0 saturated carbocycles. The molecule has 1 N–H and O–H groups in total. The molecule has 7 heavy (non-hydrogen) atoms. The van der Waals surface area contributed by atoms with Gasteiger partial charge in [0.05, 0.1) is 0 Å². The van der Waals surface area contributed by atoms with Gasteiger partial charge in [-0.2, -0.15) is 0 Å². The first-order valence-corrected chi connectivity index (χ1v) is 2.77. The van der Waals surface area contributed by atoms with E-state index in [2.05, 4.69) is 4.40 Å². The Bertz CT molecular complexity index is 110. The quantitative estimate of drug-likeness (QED) is 0.469. The molecule has 1 aliphatic heterocycles. The Morgan fingerprint density at radius 2 is 2.57 bits per heavy atom. The fourth-order valence-corrected chi connectivity index (χ4v) is 0.739. The summed E-state index contributed by atoms with van der Waals surface area (Å²) in [5.74, 6) is 0. The van der Waals surface area contributed by atoms with Crippen molar-refractivity contribution in [2.75, 3.05) is 0 Å². The van der Waals surface area contributed by atoms with Crippen LogP contribution in [0, 0.1) is 0 Å². The fraction of sp³-hybridized carbons (Fsp3) is 0.250. The van der Waals surface area contributed by atoms with E-state index in [1.54, 1.807) is 18.4 Å². The summed E-state index contributed by atoms with van der Waals surface area (Å²) in [6.07, 6.45) is 5.05. The van der Waals surface area contributed by atoms with Crippen molar-refractivity contribution >= 4 is 18.2 Å². The zero-order chi connectivity index (χ0) is 5.11. The molecule has 1 atom stereocenters. The van der Waals surface area contributed by atoms with E-state index in [-0.39, 0.29) is 0 Å². The van der Waals surface area contributed by atoms with Gasteiger partial charge in [0.2, 0.25) is 0 Å². The normalized spacial score (nSPS) is 28.4. The number of aliphatic hydroxyl groups is 1. The molecule has 38 valence electrons. The van der Waals surface area contributed by atoms with Crippen LogP contribution in [0.25, 0.3) is 0 Å². The summed E-state index contributed by atoms with van der Waals surface area (Å²) in [5, 5.41) is 8.67. The number of nitrogens with zero attached hydrogens (tertiary/aromatic N) is 1. The zero-order valence-electron chi connectivity index (χ0n) is 3.61. The van der Waals surface area contributed by atoms with E-state index >= 15 is 0 Å². The molecule has 0 amide bonds. The summed E-state index contributed by atoms with van der Waals surface area (Å²) in [7, 11) is 0. The van der Waals surface area contributed by atoms with Crippen LogP contribution in [0.3, 0.4) is 0 Å². The Morgan fingerprint density at radius 1 is 1.71 bits per heavy atom. The maximum atomic E-state index is 8.67. The molecule has 3 heteroatoms. The van der Waals surface area contributed by atoms with Crippen molar-refractivity contribution in [2.45, 2.75) is 5.44 Å². The number of rotatable bonds is 0. The molecule has 0 radical (unpaired) electrons. The second-order valence-electron chi connectivity index (χ2n) is 1.14. The van der Waals surface area contributed by atoms with E-state index in [4.69, 9.17) is 5.11 Å². The average Bonchev–Trinajstić information content (AvgIpc) is 1.69. The fourth-order valence-electron chi connectivity index (χ4n) is 0.313. The lowest BCUT2D eigenvalue weighted by Crippen LogP contribution is -1.95. The molecule has 1 aliphatic rings. The molecule has 2 nitrogen and oxygen atoms in total. The highest BCUT2D eigenvalue weighted by molar-refractivity contribution is 7.98. The van der Waals surface area contributed by atoms with Gasteiger partial charge in [-0.15, -0.1) is 0 Å². The second kappa shape index (κ2) is 2.14. The van der Waals surface area contributed by atoms with Crippen LogP contribution in [0.2, 0.25) is 0 Å². The number of hydrogen-bond donors (Lipinski definition) is 1. The number of allylic oxidation sites excluding steroid dienone is 1. The molecule has 1 rings (SSSR count). The van der Waals surface area contributed by atoms with Gasteiger partial charge >= 0.3 is 0 Å². The minimum absolute atomic E-state index is 0.426. The third kappa shape index (κ3) is 1.33. The van der Waals surface area contributed by atoms with E-state index in [1.807, 2.05) is 0 Å². The summed E-state index contributed by atoms with van der Waals surface area (Å²) >= 11 is 1.16. The van der Waals surface area contributed by atoms with Crippen molar-refractivity contribution in [3.8, 4) is 0 Å². The van der Waals surface area contributed by atoms with Crippen LogP contribution in [-0.2, 0) is 0 Å². The Kier molecular flexibility index (Phi) is 1.49. The lowest BCUT2D eigenvalue weighted by atomic mass is 10.5. The van der Waals surface area contributed by atoms with E-state index in [9.17, 15) is 0 Å². The lowest BCUT2D eigenvalue weighted by molar-refractivity contribution is 0.310. The van der Waals surface area contributed by atoms with Gasteiger partial charge in [-0.05, 0) is 12.2 Å². The van der Waals surface area contributed by atoms with E-state index in [0.717, 1.165) is 11.9 Å². The lowest BCUT2D eigenvalue weighted by Gasteiger charge is -1.99. The highest BCUT2D eigenvalue weighted by Gasteiger charge is 1.97. The molecule has 0 aromatic rings. The van der Waals surface area contributed by atoms with Crippen LogP contribution < -0.4 is 0 Å². The van der Waals surface area contributed by atoms with Crippen LogP contribution in [0.15, 0.2) is 16.5 Å². The predicted molar refractivity (Wildman–Crippen MR) is 31.2 cm³/mol. The van der Waals surface area contributed by atoms with Gasteiger partial charge in [-0.1, -0.05) is 0 Å². The Morgan fingerprint density at radius 3 is 2.86 bits per heavy atom. The van der Waals surface area contributed by atoms with Crippen molar-refractivity contribution in [3.63, 3.8) is 0 Å². The average molecular weight is 115 g/mol. The largest absolute Gasteiger partial charge is 0.377 e. The van der Waals surface area contributed by atoms with Gasteiger partial charge in [-0.25, -0.2) is 4.40 Å². The minimum atomic E-state index is -0.426. The minimum Gasteiger partial charge on any atom is -0.377 e. The predicted octanol–water partition coefficient (Wildman–Crippen LogP) is 0.594. The van der Waals surface area contributed by atoms with E-state index < -0.39 is 5.44 Å². The molecule has 0 spiro atoms. The third-order valence-corrected chi connectivity index (χ3v) is 1.21. The van der Waals surface area contributed by atoms with Gasteiger partial charge in [0.1, 0.15) is 5.44 Å². The summed E-state index contributed by atoms with van der Waals surface area (Å²) in [6, 6.07) is 0. The summed E-state index contributed by atoms with van der Waals surface area (Å²) in [6.45, 7) is 0. The highest BCUT2D eigenvalue weighted by Crippen LogP contribution is 2.12. The first kappa shape index (κ1) is 4.87. The first-order chi connectivity index (χ1) is 3.39. The van der Waals surface area contributed by atoms with Crippen LogP contribution in [0.4, 0.5) is 0 Å². The van der Waals surface area contributed by atoms with Crippen LogP contribution in [0.5, 0.6) is 0 Å². The first-order valence-electron chi connectivity index (χ1n) is 1.93. The molecule has 1 unspecified atom stereocenters. The topological polar surface area (TPSA) is 32.6 Å². The molecular formula is C4H5NOS. The van der Waals surface area contributed by atoms with E-state index in [0.29, 0.717) is 0 Å². The van der Waals surface area contributed by atoms with Crippen molar-refractivity contribution in [2.24, 2.45) is 4.40 Å². The van der Waals surface area contributed by atoms with Crippen molar-refractivity contribution in [1.82, 2.24) is 0 Å². The summed E-state index contributed by atoms with van der Waals surface area (Å²) < 4.78 is 3.71. The van der Waals surface area contributed by atoms with Gasteiger partial charge in [0.25, 0.3) is 0 Å². The molecule has 0 bridgehead atoms. The van der Waals surface area contributed by atoms with Gasteiger partial charge in [0.15, 0.2) is 0 Å². The Labute approximate surface area is 46.1 Å². The second-order valence-corrected chi connectivity index (χ2v) is 2.04. The van der Waals surface area contributed by atoms with Crippen molar-refractivity contribution in [1.29, 1.82) is 0 Å². The smallest absolute Gasteiger partial charge is 0.139 e. The van der Waals surface area contributed by atoms with Crippen LogP contribution in [0.1, 0.15) is 0 Å². The van der Waals surface area contributed by atoms with Crippen LogP contribution >= 0.6 is 11.9 Å². The Hall–Kier alpha value is -0.280. The molecule has 0 aliphatic carbocycles. The van der Waals surface area contributed by atoms with Gasteiger partial charge in [-0.3, -0.25) is 0 Å². The molecule has 0 fully saturated rings. The maximum absolute atomic E-state index is 8.67. The summed E-state index contributed by atoms with van der Waals surface area (Å²) in [5.41, 5.74) is -0.426. The SMILES string of the molecule is OC1C=CC=NS1. The molecular weight excluding hydrogens is 110 g/mol. The van der Waals surface area contributed by atoms with Crippen molar-refractivity contribution < 1.29 is 5.11 Å². The molecule has 0 aromatic heterocycles. The molecule has 0 aromatic carbocycles. The van der Waals surface area contributed by atoms with E-state index in [1.165, 1.54) is 0 Å². The number of hydrogen-bond acceptors (Lipinski definition) is 3. The highest BCUT2D eigenvalue weighted by atomic mass is 32.2. The summed E-state index contributed by atoms with van der Waals surface area (Å²) in [4.78, 5) is 0. The molecule has 0 saturated heterocycles. The van der Waals surface area contributed by atoms with Crippen LogP contribution in [-0.4, -0.2) is 16.8 Å². The zero-order valence-corrected chi connectivity index (χ0v) is 4.43. The number of aliphatic hydroxyl groups excluding tert-OH is 1. The maximum Gasteiger partial charge on any atom is 0.139 e. The van der Waals surface area contributed by atoms with Gasteiger partial charge in [0, 0.05) is 18.2 Å². The van der Waals surface area contributed by atoms with Crippen molar-refractivity contribution in [3.05, 3.63) is 12.2 Å². The Balaban J connectivity index is 2.49. The van der Waals surface area contributed by atoms with Gasteiger partial charge < -0.3 is 5.11 Å². The standard InChI is InChI=1S/C4H5NOS/c6-4-2-1-3-5-7-4/h1-4,6H. The molecule has 1 heterocycles.